The van der Waals surface area contributed by atoms with Crippen molar-refractivity contribution in [1.82, 2.24) is 4.98 Å². The van der Waals surface area contributed by atoms with Crippen LogP contribution in [0.3, 0.4) is 0 Å². The van der Waals surface area contributed by atoms with E-state index in [0.29, 0.717) is 28.2 Å². The third-order valence-corrected chi connectivity index (χ3v) is 7.65. The fraction of sp³-hybridized carbons (Fsp3) is 0.120. The van der Waals surface area contributed by atoms with Gasteiger partial charge in [0.2, 0.25) is 0 Å². The molecule has 0 atom stereocenters. The summed E-state index contributed by atoms with van der Waals surface area (Å²) in [5.74, 6) is -0.831. The van der Waals surface area contributed by atoms with Crippen LogP contribution in [0.15, 0.2) is 83.9 Å². The van der Waals surface area contributed by atoms with Gasteiger partial charge in [-0.1, -0.05) is 42.5 Å². The molecule has 1 N–H and O–H groups in total. The van der Waals surface area contributed by atoms with Crippen LogP contribution >= 0.6 is 11.3 Å². The number of aromatic nitrogens is 1. The topological polar surface area (TPSA) is 76.1 Å². The quantitative estimate of drug-likeness (QED) is 0.384. The monoisotopic (exact) mass is 480 g/mol. The Hall–Kier alpha value is -3.36. The van der Waals surface area contributed by atoms with E-state index in [1.165, 1.54) is 17.4 Å². The molecule has 0 saturated carbocycles. The standard InChI is InChI=1S/C25H21FN2O3S2/c1-17-10-11-18(14-23(17)26)13-21-15-27-25(32-21)28-24(29)20-7-5-6-19(12-20)16-33(30,31)22-8-3-2-4-9-22/h2-12,14-15H,13,16H2,1H3,(H,27,28,29). The lowest BCUT2D eigenvalue weighted by atomic mass is 10.1. The van der Waals surface area contributed by atoms with Crippen LogP contribution < -0.4 is 5.32 Å². The zero-order chi connectivity index (χ0) is 23.4. The SMILES string of the molecule is Cc1ccc(Cc2cnc(NC(=O)c3cccc(CS(=O)(=O)c4ccccc4)c3)s2)cc1F. The molecule has 0 saturated heterocycles. The average Bonchev–Trinajstić information content (AvgIpc) is 3.23. The number of benzene rings is 3. The van der Waals surface area contributed by atoms with Gasteiger partial charge in [-0.15, -0.1) is 11.3 Å². The second-order valence-electron chi connectivity index (χ2n) is 7.62. The second-order valence-corrected chi connectivity index (χ2v) is 10.7. The number of anilines is 1. The van der Waals surface area contributed by atoms with Gasteiger partial charge < -0.3 is 0 Å². The number of nitrogens with zero attached hydrogens (tertiary/aromatic N) is 1. The summed E-state index contributed by atoms with van der Waals surface area (Å²) in [6, 6.07) is 19.8. The minimum absolute atomic E-state index is 0.202. The molecule has 4 aromatic rings. The fourth-order valence-electron chi connectivity index (χ4n) is 3.30. The number of thiazole rings is 1. The van der Waals surface area contributed by atoms with Crippen molar-refractivity contribution in [2.75, 3.05) is 5.32 Å². The third kappa shape index (κ3) is 5.71. The zero-order valence-electron chi connectivity index (χ0n) is 17.8. The zero-order valence-corrected chi connectivity index (χ0v) is 19.4. The summed E-state index contributed by atoms with van der Waals surface area (Å²) >= 11 is 1.31. The molecule has 1 heterocycles. The van der Waals surface area contributed by atoms with Crippen LogP contribution in [0.5, 0.6) is 0 Å². The van der Waals surface area contributed by atoms with E-state index in [1.807, 2.05) is 6.07 Å². The molecule has 4 rings (SSSR count). The molecule has 0 unspecified atom stereocenters. The molecule has 1 amide bonds. The number of carbonyl (C=O) groups excluding carboxylic acids is 1. The highest BCUT2D eigenvalue weighted by Crippen LogP contribution is 2.23. The van der Waals surface area contributed by atoms with Crippen LogP contribution in [-0.2, 0) is 22.0 Å². The van der Waals surface area contributed by atoms with Gasteiger partial charge in [-0.2, -0.15) is 0 Å². The number of aryl methyl sites for hydroxylation is 1. The predicted octanol–water partition coefficient (Wildman–Crippen LogP) is 5.41. The molecular weight excluding hydrogens is 459 g/mol. The van der Waals surface area contributed by atoms with Crippen molar-refractivity contribution in [2.24, 2.45) is 0 Å². The lowest BCUT2D eigenvalue weighted by molar-refractivity contribution is 0.102. The Bertz CT molecular complexity index is 1400. The summed E-state index contributed by atoms with van der Waals surface area (Å²) in [6.07, 6.45) is 2.17. The van der Waals surface area contributed by atoms with E-state index >= 15 is 0 Å². The summed E-state index contributed by atoms with van der Waals surface area (Å²) in [5, 5.41) is 3.17. The highest BCUT2D eigenvalue weighted by Gasteiger charge is 2.16. The van der Waals surface area contributed by atoms with Crippen LogP contribution in [-0.4, -0.2) is 19.3 Å². The van der Waals surface area contributed by atoms with Crippen LogP contribution in [0.25, 0.3) is 0 Å². The van der Waals surface area contributed by atoms with Gasteiger partial charge in [0.15, 0.2) is 15.0 Å². The number of hydrogen-bond donors (Lipinski definition) is 1. The van der Waals surface area contributed by atoms with E-state index in [0.717, 1.165) is 10.4 Å². The summed E-state index contributed by atoms with van der Waals surface area (Å²) in [6.45, 7) is 1.71. The maximum absolute atomic E-state index is 13.8. The average molecular weight is 481 g/mol. The molecule has 0 radical (unpaired) electrons. The Kier molecular flexibility index (Phi) is 6.67. The molecule has 0 aliphatic heterocycles. The van der Waals surface area contributed by atoms with Crippen molar-refractivity contribution < 1.29 is 17.6 Å². The van der Waals surface area contributed by atoms with Gasteiger partial charge in [-0.3, -0.25) is 10.1 Å². The minimum atomic E-state index is -3.52. The maximum Gasteiger partial charge on any atom is 0.257 e. The number of carbonyl (C=O) groups is 1. The Balaban J connectivity index is 1.43. The Morgan fingerprint density at radius 1 is 1.00 bits per heavy atom. The maximum atomic E-state index is 13.8. The van der Waals surface area contributed by atoms with Crippen LogP contribution in [0, 0.1) is 12.7 Å². The smallest absolute Gasteiger partial charge is 0.257 e. The molecule has 0 bridgehead atoms. The summed E-state index contributed by atoms with van der Waals surface area (Å²) in [5.41, 5.74) is 2.28. The molecule has 1 aromatic heterocycles. The fourth-order valence-corrected chi connectivity index (χ4v) is 5.50. The molecule has 0 spiro atoms. The first-order valence-corrected chi connectivity index (χ1v) is 12.6. The predicted molar refractivity (Wildman–Crippen MR) is 128 cm³/mol. The third-order valence-electron chi connectivity index (χ3n) is 5.04. The molecular formula is C25H21FN2O3S2. The number of amides is 1. The van der Waals surface area contributed by atoms with Crippen LogP contribution in [0.1, 0.15) is 31.9 Å². The van der Waals surface area contributed by atoms with Crippen molar-refractivity contribution in [3.05, 3.63) is 112 Å². The first kappa shape index (κ1) is 22.8. The van der Waals surface area contributed by atoms with Crippen LogP contribution in [0.4, 0.5) is 9.52 Å². The molecule has 0 aliphatic rings. The van der Waals surface area contributed by atoms with Crippen LogP contribution in [0.2, 0.25) is 0 Å². The molecule has 33 heavy (non-hydrogen) atoms. The van der Waals surface area contributed by atoms with Crippen molar-refractivity contribution in [2.45, 2.75) is 24.0 Å². The first-order chi connectivity index (χ1) is 15.8. The minimum Gasteiger partial charge on any atom is -0.298 e. The van der Waals surface area contributed by atoms with E-state index in [-0.39, 0.29) is 22.4 Å². The number of hydrogen-bond acceptors (Lipinski definition) is 5. The van der Waals surface area contributed by atoms with Gasteiger partial charge in [0.25, 0.3) is 5.91 Å². The Labute approximate surface area is 195 Å². The lowest BCUT2D eigenvalue weighted by Gasteiger charge is -2.07. The van der Waals surface area contributed by atoms with Gasteiger partial charge in [0.05, 0.1) is 10.6 Å². The Morgan fingerprint density at radius 3 is 2.55 bits per heavy atom. The normalized spacial score (nSPS) is 11.3. The number of halogens is 1. The number of sulfone groups is 1. The van der Waals surface area contributed by atoms with Gasteiger partial charge in [-0.05, 0) is 53.9 Å². The van der Waals surface area contributed by atoms with Crippen molar-refractivity contribution in [3.8, 4) is 0 Å². The summed E-state index contributed by atoms with van der Waals surface area (Å²) < 4.78 is 39.0. The van der Waals surface area contributed by atoms with Crippen molar-refractivity contribution in [1.29, 1.82) is 0 Å². The van der Waals surface area contributed by atoms with E-state index in [4.69, 9.17) is 0 Å². The van der Waals surface area contributed by atoms with Gasteiger partial charge >= 0.3 is 0 Å². The molecule has 3 aromatic carbocycles. The summed E-state index contributed by atoms with van der Waals surface area (Å²) in [4.78, 5) is 18.1. The molecule has 8 heteroatoms. The lowest BCUT2D eigenvalue weighted by Crippen LogP contribution is -2.12. The van der Waals surface area contributed by atoms with E-state index in [1.54, 1.807) is 73.8 Å². The highest BCUT2D eigenvalue weighted by molar-refractivity contribution is 7.90. The molecule has 0 fully saturated rings. The molecule has 5 nitrogen and oxygen atoms in total. The van der Waals surface area contributed by atoms with E-state index in [2.05, 4.69) is 10.3 Å². The van der Waals surface area contributed by atoms with E-state index < -0.39 is 9.84 Å². The number of nitrogens with one attached hydrogen (secondary N) is 1. The highest BCUT2D eigenvalue weighted by atomic mass is 32.2. The second kappa shape index (κ2) is 9.64. The van der Waals surface area contributed by atoms with Gasteiger partial charge in [0.1, 0.15) is 5.82 Å². The van der Waals surface area contributed by atoms with E-state index in [9.17, 15) is 17.6 Å². The Morgan fingerprint density at radius 2 is 1.79 bits per heavy atom. The van der Waals surface area contributed by atoms with Gasteiger partial charge in [-0.25, -0.2) is 17.8 Å². The molecule has 0 aliphatic carbocycles. The first-order valence-electron chi connectivity index (χ1n) is 10.2. The van der Waals surface area contributed by atoms with Crippen molar-refractivity contribution >= 4 is 32.2 Å². The van der Waals surface area contributed by atoms with Crippen molar-refractivity contribution in [3.63, 3.8) is 0 Å². The summed E-state index contributed by atoms with van der Waals surface area (Å²) in [7, 11) is -3.52. The number of rotatable bonds is 7. The molecule has 168 valence electrons. The van der Waals surface area contributed by atoms with Gasteiger partial charge in [0, 0.05) is 23.1 Å². The largest absolute Gasteiger partial charge is 0.298 e.